The van der Waals surface area contributed by atoms with Gasteiger partial charge in [-0.3, -0.25) is 14.0 Å². The molecule has 3 rings (SSSR count). The summed E-state index contributed by atoms with van der Waals surface area (Å²) in [7, 11) is 1.57. The van der Waals surface area contributed by atoms with E-state index >= 15 is 0 Å². The summed E-state index contributed by atoms with van der Waals surface area (Å²) in [5.41, 5.74) is 2.67. The van der Waals surface area contributed by atoms with Crippen molar-refractivity contribution in [1.82, 2.24) is 14.7 Å². The second-order valence-corrected chi connectivity index (χ2v) is 6.38. The standard InChI is InChI=1S/C21H24N4O3/c1-4-24(16-9-7-8-15(2)14-16)21(27)19-23-18(20(26)22-11-13-28-3)17-10-5-6-12-25(17)19/h5-10,12,14H,4,11,13H2,1-3H3,(H,22,26). The summed E-state index contributed by atoms with van der Waals surface area (Å²) in [5.74, 6) is -0.389. The van der Waals surface area contributed by atoms with Crippen LogP contribution in [0.15, 0.2) is 48.7 Å². The molecule has 2 heterocycles. The minimum absolute atomic E-state index is 0.204. The second-order valence-electron chi connectivity index (χ2n) is 6.38. The van der Waals surface area contributed by atoms with Crippen molar-refractivity contribution in [1.29, 1.82) is 0 Å². The molecule has 7 heteroatoms. The first kappa shape index (κ1) is 19.6. The number of aromatic nitrogens is 2. The first-order valence-electron chi connectivity index (χ1n) is 9.19. The lowest BCUT2D eigenvalue weighted by atomic mass is 10.2. The predicted molar refractivity (Wildman–Crippen MR) is 108 cm³/mol. The highest BCUT2D eigenvalue weighted by molar-refractivity contribution is 6.07. The van der Waals surface area contributed by atoms with E-state index in [4.69, 9.17) is 4.74 Å². The van der Waals surface area contributed by atoms with Crippen LogP contribution in [0.2, 0.25) is 0 Å². The normalized spacial score (nSPS) is 10.8. The minimum Gasteiger partial charge on any atom is -0.383 e. The molecule has 0 aliphatic carbocycles. The Morgan fingerprint density at radius 2 is 2.04 bits per heavy atom. The van der Waals surface area contributed by atoms with Gasteiger partial charge in [-0.1, -0.05) is 18.2 Å². The monoisotopic (exact) mass is 380 g/mol. The van der Waals surface area contributed by atoms with Gasteiger partial charge in [0.25, 0.3) is 11.8 Å². The van der Waals surface area contributed by atoms with Crippen molar-refractivity contribution in [3.8, 4) is 0 Å². The van der Waals surface area contributed by atoms with Crippen LogP contribution in [0, 0.1) is 6.92 Å². The van der Waals surface area contributed by atoms with Crippen LogP contribution in [-0.2, 0) is 4.74 Å². The van der Waals surface area contributed by atoms with Crippen LogP contribution in [0.3, 0.4) is 0 Å². The number of ether oxygens (including phenoxy) is 1. The zero-order valence-electron chi connectivity index (χ0n) is 16.3. The van der Waals surface area contributed by atoms with Gasteiger partial charge >= 0.3 is 0 Å². The van der Waals surface area contributed by atoms with Gasteiger partial charge < -0.3 is 15.0 Å². The average molecular weight is 380 g/mol. The van der Waals surface area contributed by atoms with E-state index in [9.17, 15) is 9.59 Å². The number of nitrogens with one attached hydrogen (secondary N) is 1. The first-order chi connectivity index (χ1) is 13.6. The predicted octanol–water partition coefficient (Wildman–Crippen LogP) is 2.69. The first-order valence-corrected chi connectivity index (χ1v) is 9.19. The van der Waals surface area contributed by atoms with E-state index < -0.39 is 0 Å². The molecule has 2 amide bonds. The Kier molecular flexibility index (Phi) is 6.06. The molecule has 0 spiro atoms. The van der Waals surface area contributed by atoms with Crippen molar-refractivity contribution in [3.05, 3.63) is 65.7 Å². The van der Waals surface area contributed by atoms with E-state index in [0.29, 0.717) is 25.2 Å². The summed E-state index contributed by atoms with van der Waals surface area (Å²) in [6.45, 7) is 5.15. The zero-order chi connectivity index (χ0) is 20.1. The molecule has 28 heavy (non-hydrogen) atoms. The van der Waals surface area contributed by atoms with Crippen LogP contribution in [0.4, 0.5) is 5.69 Å². The summed E-state index contributed by atoms with van der Waals surface area (Å²) in [6, 6.07) is 13.1. The van der Waals surface area contributed by atoms with E-state index in [1.807, 2.05) is 44.2 Å². The van der Waals surface area contributed by atoms with E-state index in [-0.39, 0.29) is 23.3 Å². The maximum Gasteiger partial charge on any atom is 0.294 e. The van der Waals surface area contributed by atoms with Crippen molar-refractivity contribution < 1.29 is 14.3 Å². The van der Waals surface area contributed by atoms with Gasteiger partial charge in [0.1, 0.15) is 0 Å². The van der Waals surface area contributed by atoms with Gasteiger partial charge in [-0.2, -0.15) is 0 Å². The number of hydrogen-bond donors (Lipinski definition) is 1. The lowest BCUT2D eigenvalue weighted by Gasteiger charge is -2.20. The highest BCUT2D eigenvalue weighted by atomic mass is 16.5. The number of carbonyl (C=O) groups is 2. The quantitative estimate of drug-likeness (QED) is 0.640. The number of methoxy groups -OCH3 is 1. The number of aryl methyl sites for hydroxylation is 1. The van der Waals surface area contributed by atoms with E-state index in [1.54, 1.807) is 34.7 Å². The largest absolute Gasteiger partial charge is 0.383 e. The Morgan fingerprint density at radius 3 is 2.75 bits per heavy atom. The Hall–Kier alpha value is -3.19. The molecule has 0 saturated carbocycles. The number of nitrogens with zero attached hydrogens (tertiary/aromatic N) is 3. The van der Waals surface area contributed by atoms with Crippen molar-refractivity contribution >= 4 is 23.0 Å². The van der Waals surface area contributed by atoms with Crippen molar-refractivity contribution in [2.24, 2.45) is 0 Å². The Labute approximate surface area is 163 Å². The summed E-state index contributed by atoms with van der Waals surface area (Å²) in [6.07, 6.45) is 1.74. The fourth-order valence-electron chi connectivity index (χ4n) is 3.07. The SMILES string of the molecule is CCN(C(=O)c1nc(C(=O)NCCOC)c2ccccn12)c1cccc(C)c1. The number of fused-ring (bicyclic) bond motifs is 1. The zero-order valence-corrected chi connectivity index (χ0v) is 16.3. The van der Waals surface area contributed by atoms with Crippen LogP contribution in [0.5, 0.6) is 0 Å². The molecule has 1 N–H and O–H groups in total. The third-order valence-corrected chi connectivity index (χ3v) is 4.42. The smallest absolute Gasteiger partial charge is 0.294 e. The summed E-state index contributed by atoms with van der Waals surface area (Å²) in [4.78, 5) is 31.9. The number of amides is 2. The van der Waals surface area contributed by atoms with Gasteiger partial charge in [0.05, 0.1) is 12.1 Å². The number of benzene rings is 1. The third kappa shape index (κ3) is 3.89. The number of hydrogen-bond acceptors (Lipinski definition) is 4. The minimum atomic E-state index is -0.335. The highest BCUT2D eigenvalue weighted by Gasteiger charge is 2.25. The molecule has 0 bridgehead atoms. The van der Waals surface area contributed by atoms with Crippen LogP contribution in [0.1, 0.15) is 33.6 Å². The van der Waals surface area contributed by atoms with Gasteiger partial charge in [0.15, 0.2) is 5.69 Å². The fourth-order valence-corrected chi connectivity index (χ4v) is 3.07. The Balaban J connectivity index is 2.00. The molecule has 0 radical (unpaired) electrons. The van der Waals surface area contributed by atoms with E-state index in [2.05, 4.69) is 10.3 Å². The van der Waals surface area contributed by atoms with Gasteiger partial charge in [-0.05, 0) is 43.7 Å². The Morgan fingerprint density at radius 1 is 1.21 bits per heavy atom. The maximum absolute atomic E-state index is 13.3. The lowest BCUT2D eigenvalue weighted by Crippen LogP contribution is -2.32. The molecule has 1 aromatic carbocycles. The molecule has 0 saturated heterocycles. The average Bonchev–Trinajstić information content (AvgIpc) is 3.08. The van der Waals surface area contributed by atoms with Crippen LogP contribution in [-0.4, -0.2) is 48.0 Å². The molecule has 7 nitrogen and oxygen atoms in total. The number of imidazole rings is 1. The molecular formula is C21H24N4O3. The lowest BCUT2D eigenvalue weighted by molar-refractivity contribution is 0.0934. The molecule has 3 aromatic rings. The maximum atomic E-state index is 13.3. The molecular weight excluding hydrogens is 356 g/mol. The van der Waals surface area contributed by atoms with E-state index in [1.165, 1.54) is 0 Å². The summed E-state index contributed by atoms with van der Waals surface area (Å²) in [5, 5.41) is 2.76. The number of pyridine rings is 1. The van der Waals surface area contributed by atoms with E-state index in [0.717, 1.165) is 11.3 Å². The number of anilines is 1. The van der Waals surface area contributed by atoms with Crippen LogP contribution in [0.25, 0.3) is 5.52 Å². The number of rotatable bonds is 7. The topological polar surface area (TPSA) is 75.9 Å². The molecule has 0 atom stereocenters. The fraction of sp³-hybridized carbons (Fsp3) is 0.286. The second kappa shape index (κ2) is 8.67. The molecule has 0 fully saturated rings. The molecule has 0 aliphatic heterocycles. The summed E-state index contributed by atoms with van der Waals surface area (Å²) < 4.78 is 6.62. The number of carbonyl (C=O) groups excluding carboxylic acids is 2. The summed E-state index contributed by atoms with van der Waals surface area (Å²) >= 11 is 0. The molecule has 0 aliphatic rings. The van der Waals surface area contributed by atoms with Crippen molar-refractivity contribution in [2.75, 3.05) is 31.7 Å². The van der Waals surface area contributed by atoms with Crippen molar-refractivity contribution in [2.45, 2.75) is 13.8 Å². The van der Waals surface area contributed by atoms with Gasteiger partial charge in [0.2, 0.25) is 5.82 Å². The van der Waals surface area contributed by atoms with Crippen LogP contribution < -0.4 is 10.2 Å². The van der Waals surface area contributed by atoms with Crippen molar-refractivity contribution in [3.63, 3.8) is 0 Å². The van der Waals surface area contributed by atoms with Gasteiger partial charge in [0, 0.05) is 32.1 Å². The van der Waals surface area contributed by atoms with Gasteiger partial charge in [-0.15, -0.1) is 0 Å². The third-order valence-electron chi connectivity index (χ3n) is 4.42. The molecule has 146 valence electrons. The molecule has 0 unspecified atom stereocenters. The molecule has 2 aromatic heterocycles. The Bertz CT molecular complexity index is 996. The highest BCUT2D eigenvalue weighted by Crippen LogP contribution is 2.20. The van der Waals surface area contributed by atoms with Crippen LogP contribution >= 0.6 is 0 Å². The van der Waals surface area contributed by atoms with Gasteiger partial charge in [-0.25, -0.2) is 4.98 Å².